The van der Waals surface area contributed by atoms with Crippen molar-refractivity contribution in [2.45, 2.75) is 45.1 Å². The van der Waals surface area contributed by atoms with E-state index in [1.54, 1.807) is 0 Å². The van der Waals surface area contributed by atoms with Gasteiger partial charge in [0.05, 0.1) is 19.3 Å². The van der Waals surface area contributed by atoms with Crippen molar-refractivity contribution in [3.8, 4) is 17.6 Å². The molecule has 0 saturated carbocycles. The van der Waals surface area contributed by atoms with Crippen molar-refractivity contribution < 1.29 is 9.47 Å². The second kappa shape index (κ2) is 9.25. The van der Waals surface area contributed by atoms with Crippen LogP contribution in [0.3, 0.4) is 0 Å². The fraction of sp³-hybridized carbons (Fsp3) is 0.588. The van der Waals surface area contributed by atoms with Crippen LogP contribution in [0.25, 0.3) is 0 Å². The van der Waals surface area contributed by atoms with Crippen molar-refractivity contribution in [3.63, 3.8) is 0 Å². The van der Waals surface area contributed by atoms with Crippen LogP contribution in [0.1, 0.15) is 39.5 Å². The Bertz CT molecular complexity index is 456. The molecule has 0 aliphatic carbocycles. The van der Waals surface area contributed by atoms with Gasteiger partial charge in [-0.15, -0.1) is 0 Å². The van der Waals surface area contributed by atoms with E-state index in [0.29, 0.717) is 13.2 Å². The molecule has 0 radical (unpaired) electrons. The zero-order chi connectivity index (χ0) is 15.6. The van der Waals surface area contributed by atoms with E-state index in [0.717, 1.165) is 37.2 Å². The number of nitrogens with zero attached hydrogens (tertiary/aromatic N) is 1. The molecule has 0 aliphatic heterocycles. The first-order valence-electron chi connectivity index (χ1n) is 7.60. The summed E-state index contributed by atoms with van der Waals surface area (Å²) in [6.45, 7) is 5.33. The highest BCUT2D eigenvalue weighted by atomic mass is 16.5. The largest absolute Gasteiger partial charge is 0.490 e. The molecule has 4 nitrogen and oxygen atoms in total. The Labute approximate surface area is 128 Å². The van der Waals surface area contributed by atoms with Gasteiger partial charge in [-0.1, -0.05) is 19.1 Å². The molecule has 1 atom stereocenters. The number of nitrogens with one attached hydrogen (secondary N) is 1. The van der Waals surface area contributed by atoms with Crippen molar-refractivity contribution >= 4 is 0 Å². The number of nitriles is 1. The second-order valence-corrected chi connectivity index (χ2v) is 5.29. The Morgan fingerprint density at radius 3 is 2.29 bits per heavy atom. The highest BCUT2D eigenvalue weighted by Crippen LogP contribution is 2.26. The Hall–Kier alpha value is -1.73. The van der Waals surface area contributed by atoms with E-state index in [4.69, 9.17) is 14.7 Å². The molecule has 0 aliphatic rings. The molecule has 1 N–H and O–H groups in total. The molecule has 0 aromatic heterocycles. The zero-order valence-electron chi connectivity index (χ0n) is 13.3. The van der Waals surface area contributed by atoms with Gasteiger partial charge in [-0.3, -0.25) is 0 Å². The normalized spacial score (nSPS) is 13.2. The van der Waals surface area contributed by atoms with Crippen LogP contribution >= 0.6 is 0 Å². The summed E-state index contributed by atoms with van der Waals surface area (Å²) in [5.41, 5.74) is -0.442. The Kier molecular flexibility index (Phi) is 7.63. The van der Waals surface area contributed by atoms with E-state index in [1.807, 2.05) is 38.2 Å². The Balaban J connectivity index is 2.35. The molecule has 0 amide bonds. The molecule has 1 aromatic carbocycles. The second-order valence-electron chi connectivity index (χ2n) is 5.29. The smallest absolute Gasteiger partial charge is 0.161 e. The summed E-state index contributed by atoms with van der Waals surface area (Å²) in [5.74, 6) is 1.60. The third kappa shape index (κ3) is 6.05. The maximum Gasteiger partial charge on any atom is 0.161 e. The van der Waals surface area contributed by atoms with Gasteiger partial charge in [-0.05, 0) is 51.8 Å². The number of ether oxygens (including phenoxy) is 2. The van der Waals surface area contributed by atoms with Gasteiger partial charge < -0.3 is 14.8 Å². The van der Waals surface area contributed by atoms with E-state index in [1.165, 1.54) is 0 Å². The average Bonchev–Trinajstić information content (AvgIpc) is 2.53. The summed E-state index contributed by atoms with van der Waals surface area (Å²) in [4.78, 5) is 0. The number of hydrogen-bond donors (Lipinski definition) is 1. The minimum Gasteiger partial charge on any atom is -0.490 e. The third-order valence-electron chi connectivity index (χ3n) is 3.44. The minimum absolute atomic E-state index is 0.442. The first-order chi connectivity index (χ1) is 10.1. The van der Waals surface area contributed by atoms with E-state index >= 15 is 0 Å². The summed E-state index contributed by atoms with van der Waals surface area (Å²) in [6, 6.07) is 10.0. The van der Waals surface area contributed by atoms with Crippen LogP contribution < -0.4 is 14.8 Å². The average molecular weight is 290 g/mol. The molecule has 21 heavy (non-hydrogen) atoms. The predicted octanol–water partition coefficient (Wildman–Crippen LogP) is 3.53. The van der Waals surface area contributed by atoms with E-state index in [9.17, 15) is 0 Å². The van der Waals surface area contributed by atoms with Crippen LogP contribution in [-0.4, -0.2) is 25.8 Å². The summed E-state index contributed by atoms with van der Waals surface area (Å²) in [5, 5.41) is 12.1. The van der Waals surface area contributed by atoms with Crippen LogP contribution in [0, 0.1) is 11.3 Å². The number of rotatable bonds is 10. The lowest BCUT2D eigenvalue weighted by Gasteiger charge is -2.20. The molecular weight excluding hydrogens is 264 g/mol. The molecule has 1 rings (SSSR count). The monoisotopic (exact) mass is 290 g/mol. The summed E-state index contributed by atoms with van der Waals surface area (Å²) in [6.07, 6.45) is 3.66. The van der Waals surface area contributed by atoms with Gasteiger partial charge in [0.2, 0.25) is 0 Å². The van der Waals surface area contributed by atoms with E-state index < -0.39 is 5.54 Å². The quantitative estimate of drug-likeness (QED) is 0.670. The lowest BCUT2D eigenvalue weighted by Crippen LogP contribution is -2.37. The van der Waals surface area contributed by atoms with Crippen LogP contribution in [0.15, 0.2) is 24.3 Å². The van der Waals surface area contributed by atoms with Crippen LogP contribution in [0.4, 0.5) is 0 Å². The van der Waals surface area contributed by atoms with Gasteiger partial charge in [-0.2, -0.15) is 5.26 Å². The molecule has 1 unspecified atom stereocenters. The lowest BCUT2D eigenvalue weighted by molar-refractivity contribution is 0.260. The predicted molar refractivity (Wildman–Crippen MR) is 84.7 cm³/mol. The van der Waals surface area contributed by atoms with Gasteiger partial charge >= 0.3 is 0 Å². The fourth-order valence-corrected chi connectivity index (χ4v) is 1.90. The van der Waals surface area contributed by atoms with Crippen molar-refractivity contribution in [2.75, 3.05) is 20.3 Å². The standard InChI is InChI=1S/C17H26N2O2/c1-4-12-20-15-9-5-6-10-16(15)21-13-8-7-11-17(2,14-18)19-3/h5-6,9-10,19H,4,7-8,11-13H2,1-3H3. The molecule has 0 spiro atoms. The molecule has 116 valence electrons. The first kappa shape index (κ1) is 17.3. The Morgan fingerprint density at radius 2 is 1.76 bits per heavy atom. The molecule has 1 aromatic rings. The molecule has 0 bridgehead atoms. The highest BCUT2D eigenvalue weighted by molar-refractivity contribution is 5.39. The zero-order valence-corrected chi connectivity index (χ0v) is 13.3. The molecule has 0 fully saturated rings. The van der Waals surface area contributed by atoms with Gasteiger partial charge in [0.15, 0.2) is 11.5 Å². The number of unbranched alkanes of at least 4 members (excludes halogenated alkanes) is 1. The van der Waals surface area contributed by atoms with E-state index in [2.05, 4.69) is 18.3 Å². The van der Waals surface area contributed by atoms with Crippen LogP contribution in [0.5, 0.6) is 11.5 Å². The van der Waals surface area contributed by atoms with Crippen molar-refractivity contribution in [3.05, 3.63) is 24.3 Å². The summed E-state index contributed by atoms with van der Waals surface area (Å²) >= 11 is 0. The van der Waals surface area contributed by atoms with Crippen molar-refractivity contribution in [2.24, 2.45) is 0 Å². The van der Waals surface area contributed by atoms with Gasteiger partial charge in [0, 0.05) is 0 Å². The Morgan fingerprint density at radius 1 is 1.14 bits per heavy atom. The lowest BCUT2D eigenvalue weighted by atomic mass is 9.97. The highest BCUT2D eigenvalue weighted by Gasteiger charge is 2.19. The number of benzene rings is 1. The van der Waals surface area contributed by atoms with Crippen LogP contribution in [0.2, 0.25) is 0 Å². The topological polar surface area (TPSA) is 54.3 Å². The first-order valence-corrected chi connectivity index (χ1v) is 7.60. The maximum atomic E-state index is 9.08. The third-order valence-corrected chi connectivity index (χ3v) is 3.44. The molecule has 0 heterocycles. The summed E-state index contributed by atoms with van der Waals surface area (Å²) < 4.78 is 11.4. The minimum atomic E-state index is -0.442. The number of hydrogen-bond acceptors (Lipinski definition) is 4. The number of para-hydroxylation sites is 2. The molecular formula is C17H26N2O2. The van der Waals surface area contributed by atoms with Crippen molar-refractivity contribution in [1.82, 2.24) is 5.32 Å². The molecule has 0 saturated heterocycles. The maximum absolute atomic E-state index is 9.08. The summed E-state index contributed by atoms with van der Waals surface area (Å²) in [7, 11) is 1.82. The van der Waals surface area contributed by atoms with E-state index in [-0.39, 0.29) is 0 Å². The fourth-order valence-electron chi connectivity index (χ4n) is 1.90. The van der Waals surface area contributed by atoms with Crippen molar-refractivity contribution in [1.29, 1.82) is 5.26 Å². The van der Waals surface area contributed by atoms with Gasteiger partial charge in [-0.25, -0.2) is 0 Å². The van der Waals surface area contributed by atoms with Gasteiger partial charge in [0.25, 0.3) is 0 Å². The molecule has 4 heteroatoms. The van der Waals surface area contributed by atoms with Crippen LogP contribution in [-0.2, 0) is 0 Å². The SMILES string of the molecule is CCCOc1ccccc1OCCCCC(C)(C#N)NC. The van der Waals surface area contributed by atoms with Gasteiger partial charge in [0.1, 0.15) is 5.54 Å².